The first-order valence-electron chi connectivity index (χ1n) is 4.98. The third kappa shape index (κ3) is 5.60. The van der Waals surface area contributed by atoms with Crippen LogP contribution in [0, 0.1) is 11.6 Å². The van der Waals surface area contributed by atoms with Crippen molar-refractivity contribution in [2.24, 2.45) is 0 Å². The molecule has 0 saturated carbocycles. The molecule has 0 saturated heterocycles. The van der Waals surface area contributed by atoms with Gasteiger partial charge in [0.25, 0.3) is 0 Å². The van der Waals surface area contributed by atoms with E-state index in [9.17, 15) is 13.6 Å². The zero-order chi connectivity index (χ0) is 12.0. The molecule has 1 aromatic rings. The van der Waals surface area contributed by atoms with Crippen LogP contribution in [0.1, 0.15) is 5.56 Å². The fourth-order valence-electron chi connectivity index (χ4n) is 1.23. The van der Waals surface area contributed by atoms with Crippen LogP contribution in [0.3, 0.4) is 0 Å². The van der Waals surface area contributed by atoms with Crippen LogP contribution in [0.4, 0.5) is 8.78 Å². The van der Waals surface area contributed by atoms with Crippen molar-refractivity contribution in [2.75, 3.05) is 20.1 Å². The number of hydrogen-bond acceptors (Lipinski definition) is 2. The van der Waals surface area contributed by atoms with Gasteiger partial charge < -0.3 is 10.6 Å². The number of carbonyl (C=O) groups is 1. The molecule has 0 radical (unpaired) electrons. The fraction of sp³-hybridized carbons (Fsp3) is 0.364. The Hall–Kier alpha value is -1.20. The number of nitrogens with one attached hydrogen (secondary N) is 2. The fourth-order valence-corrected chi connectivity index (χ4v) is 1.23. The molecule has 1 aromatic carbocycles. The molecule has 17 heavy (non-hydrogen) atoms. The first-order valence-corrected chi connectivity index (χ1v) is 4.98. The molecule has 0 heterocycles. The average Bonchev–Trinajstić information content (AvgIpc) is 2.23. The van der Waals surface area contributed by atoms with Crippen molar-refractivity contribution in [3.05, 3.63) is 35.4 Å². The van der Waals surface area contributed by atoms with Crippen molar-refractivity contribution >= 4 is 18.3 Å². The molecule has 0 aromatic heterocycles. The summed E-state index contributed by atoms with van der Waals surface area (Å²) in [6.45, 7) is 1.13. The maximum absolute atomic E-state index is 13.2. The van der Waals surface area contributed by atoms with Crippen molar-refractivity contribution in [2.45, 2.75) is 6.42 Å². The zero-order valence-corrected chi connectivity index (χ0v) is 10.2. The van der Waals surface area contributed by atoms with Crippen LogP contribution in [0.25, 0.3) is 0 Å². The number of hydrogen-bond donors (Lipinski definition) is 2. The normalized spacial score (nSPS) is 9.59. The molecule has 0 aliphatic carbocycles. The van der Waals surface area contributed by atoms with Gasteiger partial charge in [0, 0.05) is 19.2 Å². The number of carbonyl (C=O) groups excluding carboxylic acids is 1. The lowest BCUT2D eigenvalue weighted by atomic mass is 10.1. The van der Waals surface area contributed by atoms with Crippen LogP contribution in [0.15, 0.2) is 18.2 Å². The third-order valence-corrected chi connectivity index (χ3v) is 2.06. The number of rotatable bonds is 5. The monoisotopic (exact) mass is 264 g/mol. The molecular weight excluding hydrogens is 250 g/mol. The number of benzene rings is 1. The highest BCUT2D eigenvalue weighted by atomic mass is 35.5. The van der Waals surface area contributed by atoms with Gasteiger partial charge in [-0.25, -0.2) is 8.78 Å². The Balaban J connectivity index is 0.00000256. The topological polar surface area (TPSA) is 41.1 Å². The maximum atomic E-state index is 13.2. The van der Waals surface area contributed by atoms with Crippen molar-refractivity contribution < 1.29 is 13.6 Å². The van der Waals surface area contributed by atoms with Crippen molar-refractivity contribution in [1.29, 1.82) is 0 Å². The summed E-state index contributed by atoms with van der Waals surface area (Å²) in [6.07, 6.45) is -0.0736. The Morgan fingerprint density at radius 1 is 1.29 bits per heavy atom. The lowest BCUT2D eigenvalue weighted by Gasteiger charge is -2.05. The molecule has 6 heteroatoms. The van der Waals surface area contributed by atoms with Gasteiger partial charge in [-0.05, 0) is 18.7 Å². The molecule has 0 spiro atoms. The van der Waals surface area contributed by atoms with E-state index in [1.165, 1.54) is 6.07 Å². The summed E-state index contributed by atoms with van der Waals surface area (Å²) in [5.74, 6) is -1.61. The minimum atomic E-state index is -0.691. The highest BCUT2D eigenvalue weighted by molar-refractivity contribution is 5.85. The third-order valence-electron chi connectivity index (χ3n) is 2.06. The second-order valence-electron chi connectivity index (χ2n) is 3.37. The molecule has 2 N–H and O–H groups in total. The van der Waals surface area contributed by atoms with Gasteiger partial charge in [0.15, 0.2) is 0 Å². The predicted molar refractivity (Wildman–Crippen MR) is 64.2 cm³/mol. The summed E-state index contributed by atoms with van der Waals surface area (Å²) in [7, 11) is 1.77. The highest BCUT2D eigenvalue weighted by Gasteiger charge is 2.08. The Morgan fingerprint density at radius 2 is 2.00 bits per heavy atom. The number of likely N-dealkylation sites (N-methyl/N-ethyl adjacent to an activating group) is 1. The van der Waals surface area contributed by atoms with Crippen molar-refractivity contribution in [3.8, 4) is 0 Å². The van der Waals surface area contributed by atoms with Crippen LogP contribution < -0.4 is 10.6 Å². The molecular formula is C11H15ClF2N2O. The van der Waals surface area contributed by atoms with E-state index in [1.807, 2.05) is 0 Å². The molecule has 0 fully saturated rings. The summed E-state index contributed by atoms with van der Waals surface area (Å²) >= 11 is 0. The van der Waals surface area contributed by atoms with Crippen molar-refractivity contribution in [3.63, 3.8) is 0 Å². The van der Waals surface area contributed by atoms with E-state index in [-0.39, 0.29) is 30.3 Å². The van der Waals surface area contributed by atoms with E-state index in [0.29, 0.717) is 13.1 Å². The minimum absolute atomic E-state index is 0. The first-order chi connectivity index (χ1) is 7.63. The van der Waals surface area contributed by atoms with Gasteiger partial charge in [-0.1, -0.05) is 6.07 Å². The Labute approximate surface area is 105 Å². The summed E-state index contributed by atoms with van der Waals surface area (Å²) in [5.41, 5.74) is 0.198. The zero-order valence-electron chi connectivity index (χ0n) is 9.43. The van der Waals surface area contributed by atoms with Gasteiger partial charge in [-0.15, -0.1) is 12.4 Å². The molecule has 0 aliphatic heterocycles. The largest absolute Gasteiger partial charge is 0.355 e. The molecule has 3 nitrogen and oxygen atoms in total. The average molecular weight is 265 g/mol. The molecule has 0 unspecified atom stereocenters. The minimum Gasteiger partial charge on any atom is -0.355 e. The predicted octanol–water partition coefficient (Wildman–Crippen LogP) is 1.26. The Kier molecular flexibility index (Phi) is 7.41. The summed E-state index contributed by atoms with van der Waals surface area (Å²) in [4.78, 5) is 11.3. The Bertz CT molecular complexity index is 374. The molecule has 1 amide bonds. The number of amides is 1. The lowest BCUT2D eigenvalue weighted by Crippen LogP contribution is -2.31. The van der Waals surface area contributed by atoms with Crippen LogP contribution in [-0.4, -0.2) is 26.0 Å². The molecule has 0 aliphatic rings. The SMILES string of the molecule is CNCCNC(=O)Cc1ccc(F)cc1F.Cl. The second kappa shape index (κ2) is 7.97. The second-order valence-corrected chi connectivity index (χ2v) is 3.37. The molecule has 0 bridgehead atoms. The van der Waals surface area contributed by atoms with E-state index in [2.05, 4.69) is 10.6 Å². The van der Waals surface area contributed by atoms with E-state index in [0.717, 1.165) is 12.1 Å². The molecule has 1 rings (SSSR count). The van der Waals surface area contributed by atoms with Gasteiger partial charge in [0.05, 0.1) is 6.42 Å². The van der Waals surface area contributed by atoms with Gasteiger partial charge in [-0.2, -0.15) is 0 Å². The van der Waals surface area contributed by atoms with Gasteiger partial charge in [-0.3, -0.25) is 4.79 Å². The quantitative estimate of drug-likeness (QED) is 0.787. The van der Waals surface area contributed by atoms with Gasteiger partial charge >= 0.3 is 0 Å². The summed E-state index contributed by atoms with van der Waals surface area (Å²) in [5, 5.41) is 5.48. The van der Waals surface area contributed by atoms with E-state index in [1.54, 1.807) is 7.05 Å². The van der Waals surface area contributed by atoms with Gasteiger partial charge in [0.1, 0.15) is 11.6 Å². The van der Waals surface area contributed by atoms with Crippen LogP contribution in [-0.2, 0) is 11.2 Å². The standard InChI is InChI=1S/C11H14F2N2O.ClH/c1-14-4-5-15-11(16)6-8-2-3-9(12)7-10(8)13;/h2-3,7,14H,4-6H2,1H3,(H,15,16);1H. The highest BCUT2D eigenvalue weighted by Crippen LogP contribution is 2.09. The van der Waals surface area contributed by atoms with Gasteiger partial charge in [0.2, 0.25) is 5.91 Å². The van der Waals surface area contributed by atoms with E-state index in [4.69, 9.17) is 0 Å². The maximum Gasteiger partial charge on any atom is 0.224 e. The first kappa shape index (κ1) is 15.8. The number of halogens is 3. The van der Waals surface area contributed by atoms with E-state index < -0.39 is 11.6 Å². The van der Waals surface area contributed by atoms with E-state index >= 15 is 0 Å². The smallest absolute Gasteiger partial charge is 0.224 e. The molecule has 0 atom stereocenters. The molecule has 96 valence electrons. The lowest BCUT2D eigenvalue weighted by molar-refractivity contribution is -0.120. The van der Waals surface area contributed by atoms with Crippen LogP contribution in [0.5, 0.6) is 0 Å². The van der Waals surface area contributed by atoms with Crippen LogP contribution in [0.2, 0.25) is 0 Å². The van der Waals surface area contributed by atoms with Crippen molar-refractivity contribution in [1.82, 2.24) is 10.6 Å². The Morgan fingerprint density at radius 3 is 2.59 bits per heavy atom. The summed E-state index contributed by atoms with van der Waals surface area (Å²) in [6, 6.07) is 3.19. The summed E-state index contributed by atoms with van der Waals surface area (Å²) < 4.78 is 25.8. The van der Waals surface area contributed by atoms with Crippen LogP contribution >= 0.6 is 12.4 Å².